The number of carbonyl (C=O) groups excluding carboxylic acids is 1. The number of hydrogen-bond acceptors (Lipinski definition) is 4. The fourth-order valence-corrected chi connectivity index (χ4v) is 2.41. The van der Waals surface area contributed by atoms with E-state index >= 15 is 0 Å². The second kappa shape index (κ2) is 11.1. The van der Waals surface area contributed by atoms with Gasteiger partial charge in [0.05, 0.1) is 24.9 Å². The molecule has 0 aliphatic carbocycles. The maximum atomic E-state index is 12.3. The SMILES string of the molecule is CCCCOc1ccccc1NCC(=O)Nc1cccc(OC(C)CC)c1. The smallest absolute Gasteiger partial charge is 0.243 e. The zero-order valence-electron chi connectivity index (χ0n) is 16.5. The van der Waals surface area contributed by atoms with E-state index in [1.807, 2.05) is 55.5 Å². The van der Waals surface area contributed by atoms with Crippen LogP contribution in [0.5, 0.6) is 11.5 Å². The highest BCUT2D eigenvalue weighted by Crippen LogP contribution is 2.24. The largest absolute Gasteiger partial charge is 0.491 e. The summed E-state index contributed by atoms with van der Waals surface area (Å²) >= 11 is 0. The number of ether oxygens (including phenoxy) is 2. The van der Waals surface area contributed by atoms with Crippen molar-refractivity contribution in [2.75, 3.05) is 23.8 Å². The molecule has 5 heteroatoms. The van der Waals surface area contributed by atoms with Crippen LogP contribution in [0.4, 0.5) is 11.4 Å². The molecule has 2 aromatic carbocycles. The van der Waals surface area contributed by atoms with Crippen LogP contribution in [0.15, 0.2) is 48.5 Å². The van der Waals surface area contributed by atoms with Gasteiger partial charge in [-0.1, -0.05) is 38.5 Å². The summed E-state index contributed by atoms with van der Waals surface area (Å²) in [7, 11) is 0. The molecular formula is C22H30N2O3. The van der Waals surface area contributed by atoms with Crippen molar-refractivity contribution in [1.29, 1.82) is 0 Å². The number of rotatable bonds is 11. The van der Waals surface area contributed by atoms with E-state index in [9.17, 15) is 4.79 Å². The van der Waals surface area contributed by atoms with Crippen LogP contribution >= 0.6 is 0 Å². The topological polar surface area (TPSA) is 59.6 Å². The summed E-state index contributed by atoms with van der Waals surface area (Å²) < 4.78 is 11.6. The van der Waals surface area contributed by atoms with Gasteiger partial charge in [-0.2, -0.15) is 0 Å². The van der Waals surface area contributed by atoms with Gasteiger partial charge in [0.1, 0.15) is 11.5 Å². The molecular weight excluding hydrogens is 340 g/mol. The average molecular weight is 370 g/mol. The van der Waals surface area contributed by atoms with Crippen LogP contribution in [0.2, 0.25) is 0 Å². The van der Waals surface area contributed by atoms with Crippen molar-refractivity contribution in [1.82, 2.24) is 0 Å². The molecule has 0 aliphatic heterocycles. The average Bonchev–Trinajstić information content (AvgIpc) is 2.67. The number of nitrogens with one attached hydrogen (secondary N) is 2. The number of amides is 1. The first kappa shape index (κ1) is 20.6. The van der Waals surface area contributed by atoms with Crippen molar-refractivity contribution >= 4 is 17.3 Å². The summed E-state index contributed by atoms with van der Waals surface area (Å²) in [5.41, 5.74) is 1.53. The molecule has 0 saturated carbocycles. The number of carbonyl (C=O) groups is 1. The Bertz CT molecular complexity index is 718. The molecule has 1 amide bonds. The van der Waals surface area contributed by atoms with Crippen molar-refractivity contribution in [3.8, 4) is 11.5 Å². The van der Waals surface area contributed by atoms with Crippen LogP contribution < -0.4 is 20.1 Å². The molecule has 0 heterocycles. The van der Waals surface area contributed by atoms with Gasteiger partial charge in [-0.05, 0) is 44.0 Å². The second-order valence-corrected chi connectivity index (χ2v) is 6.46. The van der Waals surface area contributed by atoms with Crippen LogP contribution in [-0.4, -0.2) is 25.2 Å². The lowest BCUT2D eigenvalue weighted by Crippen LogP contribution is -2.22. The van der Waals surface area contributed by atoms with Crippen molar-refractivity contribution in [2.45, 2.75) is 46.1 Å². The zero-order valence-corrected chi connectivity index (χ0v) is 16.5. The molecule has 1 unspecified atom stereocenters. The van der Waals surface area contributed by atoms with Gasteiger partial charge in [-0.3, -0.25) is 4.79 Å². The Morgan fingerprint density at radius 1 is 1.11 bits per heavy atom. The Kier molecular flexibility index (Phi) is 8.49. The molecule has 0 fully saturated rings. The Balaban J connectivity index is 1.89. The summed E-state index contributed by atoms with van der Waals surface area (Å²) in [5.74, 6) is 1.39. The summed E-state index contributed by atoms with van der Waals surface area (Å²) in [5, 5.41) is 6.04. The number of anilines is 2. The first-order valence-electron chi connectivity index (χ1n) is 9.64. The van der Waals surface area contributed by atoms with Gasteiger partial charge in [0.25, 0.3) is 0 Å². The van der Waals surface area contributed by atoms with E-state index in [1.165, 1.54) is 0 Å². The molecule has 0 spiro atoms. The highest BCUT2D eigenvalue weighted by molar-refractivity contribution is 5.94. The fourth-order valence-electron chi connectivity index (χ4n) is 2.41. The van der Waals surface area contributed by atoms with E-state index in [-0.39, 0.29) is 18.6 Å². The Morgan fingerprint density at radius 3 is 2.70 bits per heavy atom. The summed E-state index contributed by atoms with van der Waals surface area (Å²) in [6, 6.07) is 15.1. The van der Waals surface area contributed by atoms with Crippen molar-refractivity contribution in [3.63, 3.8) is 0 Å². The summed E-state index contributed by atoms with van der Waals surface area (Å²) in [6.07, 6.45) is 3.16. The summed E-state index contributed by atoms with van der Waals surface area (Å²) in [4.78, 5) is 12.3. The maximum absolute atomic E-state index is 12.3. The summed E-state index contributed by atoms with van der Waals surface area (Å²) in [6.45, 7) is 7.05. The van der Waals surface area contributed by atoms with Gasteiger partial charge in [-0.15, -0.1) is 0 Å². The second-order valence-electron chi connectivity index (χ2n) is 6.46. The van der Waals surface area contributed by atoms with E-state index in [4.69, 9.17) is 9.47 Å². The van der Waals surface area contributed by atoms with Gasteiger partial charge < -0.3 is 20.1 Å². The van der Waals surface area contributed by atoms with Crippen LogP contribution in [0, 0.1) is 0 Å². The molecule has 5 nitrogen and oxygen atoms in total. The number of benzene rings is 2. The van der Waals surface area contributed by atoms with Crippen molar-refractivity contribution < 1.29 is 14.3 Å². The van der Waals surface area contributed by atoms with E-state index in [0.717, 1.165) is 42.1 Å². The number of hydrogen-bond donors (Lipinski definition) is 2. The van der Waals surface area contributed by atoms with Crippen LogP contribution in [0.3, 0.4) is 0 Å². The molecule has 0 aromatic heterocycles. The fraction of sp³-hybridized carbons (Fsp3) is 0.409. The predicted molar refractivity (Wildman–Crippen MR) is 111 cm³/mol. The lowest BCUT2D eigenvalue weighted by molar-refractivity contribution is -0.114. The third-order valence-corrected chi connectivity index (χ3v) is 4.11. The quantitative estimate of drug-likeness (QED) is 0.541. The maximum Gasteiger partial charge on any atom is 0.243 e. The van der Waals surface area contributed by atoms with Gasteiger partial charge >= 0.3 is 0 Å². The van der Waals surface area contributed by atoms with Crippen molar-refractivity contribution in [3.05, 3.63) is 48.5 Å². The van der Waals surface area contributed by atoms with Gasteiger partial charge in [0.15, 0.2) is 0 Å². The van der Waals surface area contributed by atoms with Crippen LogP contribution in [0.1, 0.15) is 40.0 Å². The van der Waals surface area contributed by atoms with Gasteiger partial charge in [-0.25, -0.2) is 0 Å². The Morgan fingerprint density at radius 2 is 1.93 bits per heavy atom. The molecule has 2 aromatic rings. The highest BCUT2D eigenvalue weighted by atomic mass is 16.5. The van der Waals surface area contributed by atoms with Gasteiger partial charge in [0.2, 0.25) is 5.91 Å². The third kappa shape index (κ3) is 7.21. The first-order valence-corrected chi connectivity index (χ1v) is 9.64. The first-order chi connectivity index (χ1) is 13.1. The molecule has 0 bridgehead atoms. The zero-order chi connectivity index (χ0) is 19.5. The van der Waals surface area contributed by atoms with Crippen LogP contribution in [0.25, 0.3) is 0 Å². The normalized spacial score (nSPS) is 11.5. The minimum atomic E-state index is -0.126. The molecule has 27 heavy (non-hydrogen) atoms. The molecule has 1 atom stereocenters. The molecule has 0 saturated heterocycles. The minimum absolute atomic E-state index is 0.126. The molecule has 2 rings (SSSR count). The highest BCUT2D eigenvalue weighted by Gasteiger charge is 2.07. The predicted octanol–water partition coefficient (Wildman–Crippen LogP) is 5.09. The number of unbranched alkanes of at least 4 members (excludes halogenated alkanes) is 1. The lowest BCUT2D eigenvalue weighted by Gasteiger charge is -2.14. The monoisotopic (exact) mass is 370 g/mol. The van der Waals surface area contributed by atoms with Crippen LogP contribution in [-0.2, 0) is 4.79 Å². The van der Waals surface area contributed by atoms with E-state index in [0.29, 0.717) is 6.61 Å². The molecule has 2 N–H and O–H groups in total. The molecule has 146 valence electrons. The Hall–Kier alpha value is -2.69. The number of para-hydroxylation sites is 2. The standard InChI is InChI=1S/C22H30N2O3/c1-4-6-14-26-21-13-8-7-12-20(21)23-16-22(25)24-18-10-9-11-19(15-18)27-17(3)5-2/h7-13,15,17,23H,4-6,14,16H2,1-3H3,(H,24,25). The van der Waals surface area contributed by atoms with Gasteiger partial charge in [0, 0.05) is 11.8 Å². The molecule has 0 aliphatic rings. The lowest BCUT2D eigenvalue weighted by atomic mass is 10.2. The van der Waals surface area contributed by atoms with E-state index < -0.39 is 0 Å². The van der Waals surface area contributed by atoms with E-state index in [1.54, 1.807) is 0 Å². The van der Waals surface area contributed by atoms with Crippen molar-refractivity contribution in [2.24, 2.45) is 0 Å². The molecule has 0 radical (unpaired) electrons. The Labute approximate surface area is 162 Å². The minimum Gasteiger partial charge on any atom is -0.491 e. The third-order valence-electron chi connectivity index (χ3n) is 4.11. The van der Waals surface area contributed by atoms with E-state index in [2.05, 4.69) is 24.5 Å².